The van der Waals surface area contributed by atoms with E-state index in [0.29, 0.717) is 12.1 Å². The molecule has 2 aromatic heterocycles. The minimum absolute atomic E-state index is 0.423. The molecule has 0 radical (unpaired) electrons. The molecule has 6 heteroatoms. The molecule has 1 fully saturated rings. The summed E-state index contributed by atoms with van der Waals surface area (Å²) in [4.78, 5) is 4.55. The lowest BCUT2D eigenvalue weighted by atomic mass is 9.93. The summed E-state index contributed by atoms with van der Waals surface area (Å²) in [5, 5.41) is 11.5. The highest BCUT2D eigenvalue weighted by atomic mass is 16.5. The van der Waals surface area contributed by atoms with Crippen molar-refractivity contribution in [2.45, 2.75) is 44.8 Å². The molecule has 0 aromatic carbocycles. The monoisotopic (exact) mass is 261 g/mol. The van der Waals surface area contributed by atoms with E-state index in [4.69, 9.17) is 4.74 Å². The fourth-order valence-corrected chi connectivity index (χ4v) is 2.70. The minimum atomic E-state index is 0.423. The Hall–Kier alpha value is -1.69. The van der Waals surface area contributed by atoms with E-state index in [1.807, 2.05) is 17.4 Å². The van der Waals surface area contributed by atoms with Gasteiger partial charge in [0.25, 0.3) is 0 Å². The summed E-state index contributed by atoms with van der Waals surface area (Å²) in [6.45, 7) is 1.96. The van der Waals surface area contributed by atoms with Crippen LogP contribution in [0.5, 0.6) is 0 Å². The summed E-state index contributed by atoms with van der Waals surface area (Å²) in [6.07, 6.45) is 6.58. The highest BCUT2D eigenvalue weighted by molar-refractivity contribution is 5.50. The van der Waals surface area contributed by atoms with Crippen LogP contribution in [0, 0.1) is 6.92 Å². The van der Waals surface area contributed by atoms with Gasteiger partial charge in [-0.1, -0.05) is 0 Å². The molecule has 102 valence electrons. The molecule has 0 aliphatic heterocycles. The topological polar surface area (TPSA) is 64.3 Å². The lowest BCUT2D eigenvalue weighted by molar-refractivity contribution is 0.0681. The Morgan fingerprint density at radius 3 is 2.84 bits per heavy atom. The third kappa shape index (κ3) is 2.53. The van der Waals surface area contributed by atoms with Crippen molar-refractivity contribution in [3.63, 3.8) is 0 Å². The summed E-state index contributed by atoms with van der Waals surface area (Å²) >= 11 is 0. The van der Waals surface area contributed by atoms with Crippen LogP contribution in [0.2, 0.25) is 0 Å². The average Bonchev–Trinajstić information content (AvgIpc) is 2.88. The highest BCUT2D eigenvalue weighted by Gasteiger charge is 2.21. The van der Waals surface area contributed by atoms with E-state index in [2.05, 4.69) is 20.5 Å². The number of hydrogen-bond donors (Lipinski definition) is 1. The van der Waals surface area contributed by atoms with Gasteiger partial charge in [0.15, 0.2) is 5.65 Å². The zero-order valence-corrected chi connectivity index (χ0v) is 11.3. The predicted molar refractivity (Wildman–Crippen MR) is 72.2 cm³/mol. The maximum atomic E-state index is 5.39. The lowest BCUT2D eigenvalue weighted by Crippen LogP contribution is -2.29. The molecule has 6 nitrogen and oxygen atoms in total. The van der Waals surface area contributed by atoms with Crippen LogP contribution in [0.15, 0.2) is 12.4 Å². The number of anilines is 1. The van der Waals surface area contributed by atoms with Crippen LogP contribution >= 0.6 is 0 Å². The van der Waals surface area contributed by atoms with Gasteiger partial charge in [-0.05, 0) is 32.6 Å². The Bertz CT molecular complexity index is 559. The molecule has 0 saturated heterocycles. The molecule has 0 unspecified atom stereocenters. The van der Waals surface area contributed by atoms with E-state index in [-0.39, 0.29) is 0 Å². The van der Waals surface area contributed by atoms with Gasteiger partial charge in [0.2, 0.25) is 0 Å². The van der Waals surface area contributed by atoms with Crippen LogP contribution in [-0.2, 0) is 4.74 Å². The Morgan fingerprint density at radius 2 is 2.11 bits per heavy atom. The first-order valence-electron chi connectivity index (χ1n) is 6.73. The second-order valence-electron chi connectivity index (χ2n) is 5.10. The zero-order valence-electron chi connectivity index (χ0n) is 11.3. The summed E-state index contributed by atoms with van der Waals surface area (Å²) < 4.78 is 7.27. The molecule has 1 saturated carbocycles. The number of aromatic nitrogens is 4. The highest BCUT2D eigenvalue weighted by Crippen LogP contribution is 2.23. The van der Waals surface area contributed by atoms with Crippen LogP contribution in [0.1, 0.15) is 31.5 Å². The standard InChI is InChI=1S/C13H19N5O/c1-9-15-12(7-13-17-14-8-18(9)13)16-10-3-5-11(19-2)6-4-10/h7-8,10-11,16H,3-6H2,1-2H3. The van der Waals surface area contributed by atoms with Gasteiger partial charge in [-0.2, -0.15) is 0 Å². The molecule has 2 aromatic rings. The van der Waals surface area contributed by atoms with Crippen molar-refractivity contribution in [1.82, 2.24) is 19.6 Å². The van der Waals surface area contributed by atoms with Gasteiger partial charge in [0.05, 0.1) is 6.10 Å². The number of ether oxygens (including phenoxy) is 1. The van der Waals surface area contributed by atoms with E-state index < -0.39 is 0 Å². The number of hydrogen-bond acceptors (Lipinski definition) is 5. The third-order valence-electron chi connectivity index (χ3n) is 3.83. The molecule has 0 atom stereocenters. The van der Waals surface area contributed by atoms with Crippen molar-refractivity contribution in [3.8, 4) is 0 Å². The summed E-state index contributed by atoms with van der Waals surface area (Å²) in [6, 6.07) is 2.42. The van der Waals surface area contributed by atoms with Crippen LogP contribution in [-0.4, -0.2) is 38.8 Å². The first-order valence-corrected chi connectivity index (χ1v) is 6.73. The maximum absolute atomic E-state index is 5.39. The largest absolute Gasteiger partial charge is 0.381 e. The van der Waals surface area contributed by atoms with Crippen molar-refractivity contribution in [3.05, 3.63) is 18.2 Å². The SMILES string of the molecule is COC1CCC(Nc2cc3nncn3c(C)n2)CC1. The number of fused-ring (bicyclic) bond motifs is 1. The Morgan fingerprint density at radius 1 is 1.32 bits per heavy atom. The van der Waals surface area contributed by atoms with E-state index in [0.717, 1.165) is 43.0 Å². The summed E-state index contributed by atoms with van der Waals surface area (Å²) in [7, 11) is 1.79. The molecule has 2 heterocycles. The van der Waals surface area contributed by atoms with Gasteiger partial charge in [-0.25, -0.2) is 4.98 Å². The second kappa shape index (κ2) is 5.13. The molecule has 1 N–H and O–H groups in total. The normalized spacial score (nSPS) is 23.7. The van der Waals surface area contributed by atoms with Crippen molar-refractivity contribution < 1.29 is 4.74 Å². The van der Waals surface area contributed by atoms with Gasteiger partial charge in [-0.15, -0.1) is 10.2 Å². The van der Waals surface area contributed by atoms with Crippen LogP contribution < -0.4 is 5.32 Å². The Balaban J connectivity index is 1.71. The molecular formula is C13H19N5O. The first kappa shape index (κ1) is 12.3. The molecule has 19 heavy (non-hydrogen) atoms. The van der Waals surface area contributed by atoms with Crippen LogP contribution in [0.4, 0.5) is 5.82 Å². The van der Waals surface area contributed by atoms with E-state index in [1.165, 1.54) is 0 Å². The first-order chi connectivity index (χ1) is 9.26. The fraction of sp³-hybridized carbons (Fsp3) is 0.615. The Labute approximate surface area is 112 Å². The van der Waals surface area contributed by atoms with E-state index >= 15 is 0 Å². The fourth-order valence-electron chi connectivity index (χ4n) is 2.70. The lowest BCUT2D eigenvalue weighted by Gasteiger charge is -2.28. The van der Waals surface area contributed by atoms with Gasteiger partial charge < -0.3 is 10.1 Å². The quantitative estimate of drug-likeness (QED) is 0.912. The summed E-state index contributed by atoms with van der Waals surface area (Å²) in [5.41, 5.74) is 0.834. The molecule has 0 amide bonds. The van der Waals surface area contributed by atoms with Crippen LogP contribution in [0.3, 0.4) is 0 Å². The number of nitrogens with zero attached hydrogens (tertiary/aromatic N) is 4. The Kier molecular flexibility index (Phi) is 3.33. The van der Waals surface area contributed by atoms with Gasteiger partial charge >= 0.3 is 0 Å². The smallest absolute Gasteiger partial charge is 0.165 e. The number of methoxy groups -OCH3 is 1. The molecule has 3 rings (SSSR count). The number of rotatable bonds is 3. The average molecular weight is 261 g/mol. The van der Waals surface area contributed by atoms with Gasteiger partial charge in [0.1, 0.15) is 18.0 Å². The van der Waals surface area contributed by atoms with Gasteiger partial charge in [-0.3, -0.25) is 4.40 Å². The van der Waals surface area contributed by atoms with E-state index in [9.17, 15) is 0 Å². The van der Waals surface area contributed by atoms with Crippen molar-refractivity contribution >= 4 is 11.5 Å². The molecular weight excluding hydrogens is 242 g/mol. The molecule has 1 aliphatic rings. The minimum Gasteiger partial charge on any atom is -0.381 e. The second-order valence-corrected chi connectivity index (χ2v) is 5.10. The van der Waals surface area contributed by atoms with Crippen molar-refractivity contribution in [2.75, 3.05) is 12.4 Å². The van der Waals surface area contributed by atoms with Gasteiger partial charge in [0, 0.05) is 19.2 Å². The molecule has 0 bridgehead atoms. The predicted octanol–water partition coefficient (Wildman–Crippen LogP) is 1.80. The van der Waals surface area contributed by atoms with E-state index in [1.54, 1.807) is 13.4 Å². The van der Waals surface area contributed by atoms with Crippen molar-refractivity contribution in [1.29, 1.82) is 0 Å². The number of nitrogens with one attached hydrogen (secondary N) is 1. The summed E-state index contributed by atoms with van der Waals surface area (Å²) in [5.74, 6) is 1.79. The third-order valence-corrected chi connectivity index (χ3v) is 3.83. The van der Waals surface area contributed by atoms with Crippen LogP contribution in [0.25, 0.3) is 5.65 Å². The zero-order chi connectivity index (χ0) is 13.2. The molecule has 1 aliphatic carbocycles. The number of aryl methyl sites for hydroxylation is 1. The van der Waals surface area contributed by atoms with Crippen molar-refractivity contribution in [2.24, 2.45) is 0 Å². The maximum Gasteiger partial charge on any atom is 0.165 e. The molecule has 0 spiro atoms.